The lowest BCUT2D eigenvalue weighted by atomic mass is 9.78. The zero-order valence-corrected chi connectivity index (χ0v) is 21.6. The number of allylic oxidation sites excluding steroid dienone is 1. The molecular weight excluding hydrogens is 547 g/mol. The van der Waals surface area contributed by atoms with Crippen molar-refractivity contribution in [1.82, 2.24) is 5.32 Å². The summed E-state index contributed by atoms with van der Waals surface area (Å²) in [4.78, 5) is 37.9. The maximum atomic E-state index is 12.9. The molecule has 0 saturated heterocycles. The molecule has 0 unspecified atom stereocenters. The summed E-state index contributed by atoms with van der Waals surface area (Å²) < 4.78 is 49.1. The van der Waals surface area contributed by atoms with Crippen molar-refractivity contribution >= 4 is 46.8 Å². The summed E-state index contributed by atoms with van der Waals surface area (Å²) in [7, 11) is 1.11. The first-order chi connectivity index (χ1) is 18.0. The van der Waals surface area contributed by atoms with Crippen molar-refractivity contribution in [2.75, 3.05) is 24.8 Å². The van der Waals surface area contributed by atoms with Crippen molar-refractivity contribution in [2.45, 2.75) is 19.0 Å². The maximum absolute atomic E-state index is 12.9. The van der Waals surface area contributed by atoms with Crippen LogP contribution in [0.3, 0.4) is 0 Å². The van der Waals surface area contributed by atoms with E-state index in [9.17, 15) is 32.8 Å². The zero-order chi connectivity index (χ0) is 28.0. The molecule has 2 atom stereocenters. The molecule has 1 aliphatic heterocycles. The highest BCUT2D eigenvalue weighted by atomic mass is 35.5. The number of benzene rings is 2. The third-order valence-corrected chi connectivity index (χ3v) is 6.73. The Morgan fingerprint density at radius 2 is 1.97 bits per heavy atom. The Balaban J connectivity index is 1.90. The fourth-order valence-corrected chi connectivity index (χ4v) is 4.86. The molecule has 13 heteroatoms. The van der Waals surface area contributed by atoms with Crippen molar-refractivity contribution in [3.05, 3.63) is 69.2 Å². The molecular formula is C25H21ClF3N3O5S. The fraction of sp³-hybridized carbons (Fsp3) is 0.280. The van der Waals surface area contributed by atoms with E-state index >= 15 is 0 Å². The molecule has 2 amide bonds. The standard InChI is InChI=1S/C25H21ClF3N3O5S/c1-3-37-18-8-7-13(9-17(18)26)20-16(11-30)23(32-22(34)21(20)24(35)36-2)38-12-19(33)31-15-6-4-5-14(10-15)25(27,28)29/h4-10,20-21H,3,12H2,1-2H3,(H,31,33)(H,32,34)/t20-,21-/m0/s1. The number of ether oxygens (including phenoxy) is 2. The molecule has 0 saturated carbocycles. The van der Waals surface area contributed by atoms with Crippen molar-refractivity contribution in [2.24, 2.45) is 5.92 Å². The summed E-state index contributed by atoms with van der Waals surface area (Å²) >= 11 is 7.09. The number of halogens is 4. The van der Waals surface area contributed by atoms with Gasteiger partial charge in [0.2, 0.25) is 11.8 Å². The molecule has 1 heterocycles. The van der Waals surface area contributed by atoms with E-state index in [0.717, 1.165) is 37.1 Å². The predicted molar refractivity (Wildman–Crippen MR) is 134 cm³/mol. The number of carbonyl (C=O) groups is 3. The molecule has 200 valence electrons. The number of hydrogen-bond acceptors (Lipinski definition) is 7. The number of hydrogen-bond donors (Lipinski definition) is 2. The third-order valence-electron chi connectivity index (χ3n) is 5.42. The maximum Gasteiger partial charge on any atom is 0.416 e. The van der Waals surface area contributed by atoms with Crippen LogP contribution in [0.1, 0.15) is 24.0 Å². The summed E-state index contributed by atoms with van der Waals surface area (Å²) in [5, 5.41) is 15.0. The number of amides is 2. The lowest BCUT2D eigenvalue weighted by Crippen LogP contribution is -2.44. The highest BCUT2D eigenvalue weighted by Gasteiger charge is 2.44. The molecule has 2 aromatic rings. The van der Waals surface area contributed by atoms with E-state index in [0.29, 0.717) is 17.9 Å². The Bertz CT molecular complexity index is 1330. The van der Waals surface area contributed by atoms with Crippen molar-refractivity contribution in [1.29, 1.82) is 5.26 Å². The molecule has 0 spiro atoms. The van der Waals surface area contributed by atoms with Crippen LogP contribution in [0.5, 0.6) is 5.75 Å². The average Bonchev–Trinajstić information content (AvgIpc) is 2.87. The number of rotatable bonds is 8. The number of methoxy groups -OCH3 is 1. The highest BCUT2D eigenvalue weighted by molar-refractivity contribution is 8.03. The first-order valence-electron chi connectivity index (χ1n) is 11.0. The van der Waals surface area contributed by atoms with Crippen LogP contribution in [0.15, 0.2) is 53.1 Å². The van der Waals surface area contributed by atoms with Gasteiger partial charge in [-0.25, -0.2) is 0 Å². The van der Waals surface area contributed by atoms with Gasteiger partial charge >= 0.3 is 12.1 Å². The number of alkyl halides is 3. The second-order valence-electron chi connectivity index (χ2n) is 7.86. The largest absolute Gasteiger partial charge is 0.492 e. The normalized spacial score (nSPS) is 17.3. The summed E-state index contributed by atoms with van der Waals surface area (Å²) in [5.41, 5.74) is -0.646. The minimum atomic E-state index is -4.58. The zero-order valence-electron chi connectivity index (χ0n) is 20.0. The van der Waals surface area contributed by atoms with Gasteiger partial charge in [0.15, 0.2) is 0 Å². The molecule has 0 aliphatic carbocycles. The first kappa shape index (κ1) is 28.9. The van der Waals surface area contributed by atoms with E-state index in [4.69, 9.17) is 21.1 Å². The summed E-state index contributed by atoms with van der Waals surface area (Å²) in [6.07, 6.45) is -4.58. The lowest BCUT2D eigenvalue weighted by Gasteiger charge is -2.31. The minimum absolute atomic E-state index is 0.0166. The predicted octanol–water partition coefficient (Wildman–Crippen LogP) is 4.87. The summed E-state index contributed by atoms with van der Waals surface area (Å²) in [6.45, 7) is 2.12. The van der Waals surface area contributed by atoms with Gasteiger partial charge in [0.05, 0.1) is 46.7 Å². The second kappa shape index (κ2) is 12.2. The van der Waals surface area contributed by atoms with Gasteiger partial charge in [-0.2, -0.15) is 18.4 Å². The lowest BCUT2D eigenvalue weighted by molar-refractivity contribution is -0.150. The Morgan fingerprint density at radius 1 is 1.24 bits per heavy atom. The molecule has 0 radical (unpaired) electrons. The monoisotopic (exact) mass is 567 g/mol. The summed E-state index contributed by atoms with van der Waals surface area (Å²) in [5.74, 6) is -4.78. The molecule has 38 heavy (non-hydrogen) atoms. The van der Waals surface area contributed by atoms with E-state index in [1.807, 2.05) is 6.07 Å². The second-order valence-corrected chi connectivity index (χ2v) is 9.25. The van der Waals surface area contributed by atoms with E-state index in [1.54, 1.807) is 19.1 Å². The van der Waals surface area contributed by atoms with Gasteiger partial charge in [-0.3, -0.25) is 14.4 Å². The topological polar surface area (TPSA) is 118 Å². The van der Waals surface area contributed by atoms with E-state index in [2.05, 4.69) is 10.6 Å². The van der Waals surface area contributed by atoms with Gasteiger partial charge in [-0.1, -0.05) is 35.5 Å². The number of anilines is 1. The minimum Gasteiger partial charge on any atom is -0.492 e. The summed E-state index contributed by atoms with van der Waals surface area (Å²) in [6, 6.07) is 10.7. The third kappa shape index (κ3) is 6.59. The Labute approximate surface area is 225 Å². The molecule has 0 fully saturated rings. The molecule has 2 aromatic carbocycles. The van der Waals surface area contributed by atoms with Crippen LogP contribution in [0.4, 0.5) is 18.9 Å². The molecule has 8 nitrogen and oxygen atoms in total. The van der Waals surface area contributed by atoms with Crippen LogP contribution in [-0.2, 0) is 25.3 Å². The molecule has 3 rings (SSSR count). The van der Waals surface area contributed by atoms with Gasteiger partial charge in [0.1, 0.15) is 11.7 Å². The SMILES string of the molecule is CCOc1ccc([C@H]2C(C#N)=C(SCC(=O)Nc3cccc(C(F)(F)F)c3)NC(=O)[C@H]2C(=O)OC)cc1Cl. The number of nitrogens with zero attached hydrogens (tertiary/aromatic N) is 1. The van der Waals surface area contributed by atoms with Crippen LogP contribution in [-0.4, -0.2) is 37.3 Å². The van der Waals surface area contributed by atoms with Crippen molar-refractivity contribution in [3.63, 3.8) is 0 Å². The number of nitriles is 1. The van der Waals surface area contributed by atoms with Crippen molar-refractivity contribution in [3.8, 4) is 11.8 Å². The number of esters is 1. The van der Waals surface area contributed by atoms with Gasteiger partial charge in [-0.15, -0.1) is 0 Å². The fourth-order valence-electron chi connectivity index (χ4n) is 3.77. The van der Waals surface area contributed by atoms with Gasteiger partial charge in [0, 0.05) is 11.6 Å². The van der Waals surface area contributed by atoms with Crippen molar-refractivity contribution < 1.29 is 37.0 Å². The van der Waals surface area contributed by atoms with Crippen LogP contribution >= 0.6 is 23.4 Å². The number of nitrogens with one attached hydrogen (secondary N) is 2. The van der Waals surface area contributed by atoms with Gasteiger partial charge in [-0.05, 0) is 42.8 Å². The molecule has 2 N–H and O–H groups in total. The van der Waals surface area contributed by atoms with Crippen LogP contribution in [0.2, 0.25) is 5.02 Å². The molecule has 1 aliphatic rings. The van der Waals surface area contributed by atoms with Gasteiger partial charge in [0.25, 0.3) is 0 Å². The number of thioether (sulfide) groups is 1. The van der Waals surface area contributed by atoms with Crippen LogP contribution in [0, 0.1) is 17.2 Å². The quantitative estimate of drug-likeness (QED) is 0.345. The average molecular weight is 568 g/mol. The van der Waals surface area contributed by atoms with Gasteiger partial charge < -0.3 is 20.1 Å². The van der Waals surface area contributed by atoms with E-state index in [-0.39, 0.29) is 27.1 Å². The Hall–Kier alpha value is -3.69. The first-order valence-corrected chi connectivity index (χ1v) is 12.4. The number of carbonyl (C=O) groups excluding carboxylic acids is 3. The van der Waals surface area contributed by atoms with Crippen LogP contribution < -0.4 is 15.4 Å². The van der Waals surface area contributed by atoms with Crippen LogP contribution in [0.25, 0.3) is 0 Å². The Morgan fingerprint density at radius 3 is 2.58 bits per heavy atom. The van der Waals surface area contributed by atoms with E-state index in [1.165, 1.54) is 12.1 Å². The van der Waals surface area contributed by atoms with E-state index < -0.39 is 41.4 Å². The highest BCUT2D eigenvalue weighted by Crippen LogP contribution is 2.42. The Kier molecular flexibility index (Phi) is 9.30. The smallest absolute Gasteiger partial charge is 0.416 e. The molecule has 0 bridgehead atoms. The molecule has 0 aromatic heterocycles.